The van der Waals surface area contributed by atoms with Gasteiger partial charge in [0.25, 0.3) is 0 Å². The molecule has 102 valence electrons. The number of hydrogen-bond donors (Lipinski definition) is 0. The highest BCUT2D eigenvalue weighted by molar-refractivity contribution is 7.98. The Labute approximate surface area is 110 Å². The lowest BCUT2D eigenvalue weighted by molar-refractivity contribution is -0.0631. The molecule has 0 aromatic rings. The third-order valence-corrected chi connectivity index (χ3v) is 3.39. The van der Waals surface area contributed by atoms with Crippen molar-refractivity contribution in [3.05, 3.63) is 0 Å². The highest BCUT2D eigenvalue weighted by atomic mass is 32.2. The fourth-order valence-electron chi connectivity index (χ4n) is 2.07. The van der Waals surface area contributed by atoms with Crippen LogP contribution in [0.2, 0.25) is 0 Å². The van der Waals surface area contributed by atoms with Gasteiger partial charge < -0.3 is 9.47 Å². The summed E-state index contributed by atoms with van der Waals surface area (Å²) in [6.07, 6.45) is 4.95. The summed E-state index contributed by atoms with van der Waals surface area (Å²) in [4.78, 5) is 2.51. The van der Waals surface area contributed by atoms with Crippen LogP contribution in [-0.4, -0.2) is 56.0 Å². The van der Waals surface area contributed by atoms with Gasteiger partial charge >= 0.3 is 0 Å². The Morgan fingerprint density at radius 2 is 2.29 bits per heavy atom. The van der Waals surface area contributed by atoms with Gasteiger partial charge in [0.2, 0.25) is 0 Å². The zero-order valence-electron chi connectivity index (χ0n) is 11.5. The van der Waals surface area contributed by atoms with Crippen molar-refractivity contribution in [1.82, 2.24) is 4.90 Å². The molecular weight excluding hydrogens is 234 g/mol. The molecule has 17 heavy (non-hydrogen) atoms. The first-order chi connectivity index (χ1) is 8.22. The average molecular weight is 261 g/mol. The van der Waals surface area contributed by atoms with E-state index in [2.05, 4.69) is 25.0 Å². The standard InChI is InChI=1S/C13H27NO2S/c1-12(2)5-4-6-14-7-8-16-13(9-14)10-15-11-17-3/h12-13H,4-11H2,1-3H3/t13-/m0/s1. The van der Waals surface area contributed by atoms with Crippen molar-refractivity contribution < 1.29 is 9.47 Å². The Bertz CT molecular complexity index is 190. The van der Waals surface area contributed by atoms with Gasteiger partial charge in [-0.15, -0.1) is 11.8 Å². The van der Waals surface area contributed by atoms with Gasteiger partial charge in [0.1, 0.15) is 0 Å². The zero-order chi connectivity index (χ0) is 12.5. The molecule has 4 heteroatoms. The van der Waals surface area contributed by atoms with Crippen LogP contribution in [0, 0.1) is 5.92 Å². The van der Waals surface area contributed by atoms with Gasteiger partial charge in [0.05, 0.1) is 25.3 Å². The van der Waals surface area contributed by atoms with Crippen LogP contribution >= 0.6 is 11.8 Å². The molecule has 0 aromatic carbocycles. The maximum Gasteiger partial charge on any atom is 0.0936 e. The molecule has 1 heterocycles. The molecule has 1 fully saturated rings. The van der Waals surface area contributed by atoms with Crippen LogP contribution in [0.1, 0.15) is 26.7 Å². The van der Waals surface area contributed by atoms with Gasteiger partial charge in [-0.3, -0.25) is 4.90 Å². The largest absolute Gasteiger partial charge is 0.373 e. The fourth-order valence-corrected chi connectivity index (χ4v) is 2.33. The molecule has 0 aromatic heterocycles. The molecule has 0 radical (unpaired) electrons. The Kier molecular flexibility index (Phi) is 8.27. The topological polar surface area (TPSA) is 21.7 Å². The van der Waals surface area contributed by atoms with Crippen LogP contribution in [0.5, 0.6) is 0 Å². The van der Waals surface area contributed by atoms with Gasteiger partial charge in [-0.05, 0) is 31.6 Å². The van der Waals surface area contributed by atoms with Crippen LogP contribution in [0.3, 0.4) is 0 Å². The van der Waals surface area contributed by atoms with E-state index in [9.17, 15) is 0 Å². The Balaban J connectivity index is 2.10. The number of nitrogens with zero attached hydrogens (tertiary/aromatic N) is 1. The predicted octanol–water partition coefficient (Wildman–Crippen LogP) is 2.46. The van der Waals surface area contributed by atoms with Gasteiger partial charge in [-0.1, -0.05) is 13.8 Å². The van der Waals surface area contributed by atoms with E-state index in [1.54, 1.807) is 11.8 Å². The van der Waals surface area contributed by atoms with E-state index in [0.717, 1.165) is 38.2 Å². The lowest BCUT2D eigenvalue weighted by atomic mass is 10.1. The van der Waals surface area contributed by atoms with Crippen molar-refractivity contribution in [2.75, 3.05) is 45.0 Å². The Morgan fingerprint density at radius 3 is 3.00 bits per heavy atom. The summed E-state index contributed by atoms with van der Waals surface area (Å²) in [5, 5.41) is 0. The molecule has 0 aliphatic carbocycles. The van der Waals surface area contributed by atoms with E-state index in [-0.39, 0.29) is 6.10 Å². The second kappa shape index (κ2) is 9.20. The van der Waals surface area contributed by atoms with E-state index in [4.69, 9.17) is 9.47 Å². The van der Waals surface area contributed by atoms with Gasteiger partial charge in [0, 0.05) is 13.1 Å². The minimum absolute atomic E-state index is 0.273. The fraction of sp³-hybridized carbons (Fsp3) is 1.00. The summed E-state index contributed by atoms with van der Waals surface area (Å²) in [7, 11) is 0. The van der Waals surface area contributed by atoms with Gasteiger partial charge in [-0.2, -0.15) is 0 Å². The molecule has 0 spiro atoms. The second-order valence-electron chi connectivity index (χ2n) is 5.11. The monoisotopic (exact) mass is 261 g/mol. The minimum atomic E-state index is 0.273. The second-order valence-corrected chi connectivity index (χ2v) is 5.92. The quantitative estimate of drug-likeness (QED) is 0.494. The highest BCUT2D eigenvalue weighted by Crippen LogP contribution is 2.10. The third kappa shape index (κ3) is 7.29. The van der Waals surface area contributed by atoms with E-state index in [0.29, 0.717) is 0 Å². The highest BCUT2D eigenvalue weighted by Gasteiger charge is 2.20. The molecule has 1 rings (SSSR count). The maximum absolute atomic E-state index is 5.71. The van der Waals surface area contributed by atoms with E-state index in [1.165, 1.54) is 19.4 Å². The maximum atomic E-state index is 5.71. The molecular formula is C13H27NO2S. The molecule has 0 bridgehead atoms. The molecule has 0 amide bonds. The molecule has 1 atom stereocenters. The first-order valence-electron chi connectivity index (χ1n) is 6.63. The smallest absolute Gasteiger partial charge is 0.0936 e. The molecule has 1 aliphatic heterocycles. The number of hydrogen-bond acceptors (Lipinski definition) is 4. The lowest BCUT2D eigenvalue weighted by Crippen LogP contribution is -2.44. The average Bonchev–Trinajstić information content (AvgIpc) is 2.29. The van der Waals surface area contributed by atoms with Crippen LogP contribution in [0.4, 0.5) is 0 Å². The number of ether oxygens (including phenoxy) is 2. The molecule has 0 unspecified atom stereocenters. The van der Waals surface area contributed by atoms with Gasteiger partial charge in [-0.25, -0.2) is 0 Å². The van der Waals surface area contributed by atoms with Crippen LogP contribution in [0.25, 0.3) is 0 Å². The summed E-state index contributed by atoms with van der Waals surface area (Å²) in [5.74, 6) is 1.59. The summed E-state index contributed by atoms with van der Waals surface area (Å²) >= 11 is 1.72. The zero-order valence-corrected chi connectivity index (χ0v) is 12.3. The Hall–Kier alpha value is 0.230. The number of morpholine rings is 1. The number of rotatable bonds is 8. The minimum Gasteiger partial charge on any atom is -0.373 e. The van der Waals surface area contributed by atoms with Crippen molar-refractivity contribution in [2.45, 2.75) is 32.8 Å². The third-order valence-electron chi connectivity index (χ3n) is 2.98. The SMILES string of the molecule is CSCOC[C@@H]1CN(CCCC(C)C)CCO1. The summed E-state index contributed by atoms with van der Waals surface area (Å²) in [6.45, 7) is 9.50. The molecule has 0 N–H and O–H groups in total. The van der Waals surface area contributed by atoms with Crippen LogP contribution in [0.15, 0.2) is 0 Å². The first-order valence-corrected chi connectivity index (χ1v) is 8.02. The molecule has 0 saturated carbocycles. The van der Waals surface area contributed by atoms with E-state index >= 15 is 0 Å². The Morgan fingerprint density at radius 1 is 1.47 bits per heavy atom. The summed E-state index contributed by atoms with van der Waals surface area (Å²) < 4.78 is 11.2. The van der Waals surface area contributed by atoms with Gasteiger partial charge in [0.15, 0.2) is 0 Å². The predicted molar refractivity (Wildman–Crippen MR) is 74.6 cm³/mol. The van der Waals surface area contributed by atoms with Crippen LogP contribution in [-0.2, 0) is 9.47 Å². The van der Waals surface area contributed by atoms with Crippen molar-refractivity contribution in [3.8, 4) is 0 Å². The van der Waals surface area contributed by atoms with Crippen molar-refractivity contribution in [2.24, 2.45) is 5.92 Å². The first kappa shape index (κ1) is 15.3. The molecule has 1 saturated heterocycles. The summed E-state index contributed by atoms with van der Waals surface area (Å²) in [6, 6.07) is 0. The summed E-state index contributed by atoms with van der Waals surface area (Å²) in [5.41, 5.74) is 0. The van der Waals surface area contributed by atoms with Crippen molar-refractivity contribution in [1.29, 1.82) is 0 Å². The number of thioether (sulfide) groups is 1. The normalized spacial score (nSPS) is 22.2. The molecule has 3 nitrogen and oxygen atoms in total. The van der Waals surface area contributed by atoms with E-state index in [1.807, 2.05) is 0 Å². The molecule has 1 aliphatic rings. The lowest BCUT2D eigenvalue weighted by Gasteiger charge is -2.32. The van der Waals surface area contributed by atoms with Crippen molar-refractivity contribution >= 4 is 11.8 Å². The van der Waals surface area contributed by atoms with Crippen molar-refractivity contribution in [3.63, 3.8) is 0 Å². The van der Waals surface area contributed by atoms with E-state index < -0.39 is 0 Å². The van der Waals surface area contributed by atoms with Crippen LogP contribution < -0.4 is 0 Å².